The van der Waals surface area contributed by atoms with Crippen LogP contribution in [0.2, 0.25) is 0 Å². The maximum atomic E-state index is 5.62. The molecule has 1 aromatic heterocycles. The molecule has 0 aliphatic carbocycles. The van der Waals surface area contributed by atoms with Gasteiger partial charge in [-0.3, -0.25) is 5.10 Å². The predicted molar refractivity (Wildman–Crippen MR) is 87.9 cm³/mol. The summed E-state index contributed by atoms with van der Waals surface area (Å²) in [5.74, 6) is 0. The summed E-state index contributed by atoms with van der Waals surface area (Å²) in [6.45, 7) is 9.40. The number of nitrogens with zero attached hydrogens (tertiary/aromatic N) is 1. The van der Waals surface area contributed by atoms with Gasteiger partial charge in [0, 0.05) is 12.0 Å². The van der Waals surface area contributed by atoms with Crippen molar-refractivity contribution < 1.29 is 0 Å². The molecular weight excluding hydrogens is 314 g/mol. The Labute approximate surface area is 129 Å². The molecule has 1 aromatic carbocycles. The van der Waals surface area contributed by atoms with Crippen molar-refractivity contribution in [1.29, 1.82) is 0 Å². The first-order valence-electron chi connectivity index (χ1n) is 6.89. The molecule has 1 heterocycles. The topological polar surface area (TPSA) is 54.7 Å². The lowest BCUT2D eigenvalue weighted by Gasteiger charge is -2.20. The molecule has 2 aromatic rings. The molecule has 4 heteroatoms. The number of aromatic nitrogens is 2. The molecule has 0 aliphatic heterocycles. The van der Waals surface area contributed by atoms with Crippen LogP contribution in [0.3, 0.4) is 0 Å². The van der Waals surface area contributed by atoms with Gasteiger partial charge >= 0.3 is 0 Å². The number of nitrogens with one attached hydrogen (secondary N) is 1. The molecule has 0 spiro atoms. The first kappa shape index (κ1) is 15.3. The molecule has 0 atom stereocenters. The van der Waals surface area contributed by atoms with Gasteiger partial charge in [0.25, 0.3) is 0 Å². The average Bonchev–Trinajstić information content (AvgIpc) is 2.71. The molecule has 0 amide bonds. The maximum absolute atomic E-state index is 5.62. The summed E-state index contributed by atoms with van der Waals surface area (Å²) in [7, 11) is 0. The first-order chi connectivity index (χ1) is 9.34. The number of aryl methyl sites for hydroxylation is 1. The highest BCUT2D eigenvalue weighted by Crippen LogP contribution is 2.34. The van der Waals surface area contributed by atoms with Crippen LogP contribution >= 0.6 is 15.9 Å². The minimum atomic E-state index is 0.130. The second-order valence-corrected chi connectivity index (χ2v) is 6.98. The van der Waals surface area contributed by atoms with Crippen LogP contribution in [0.5, 0.6) is 0 Å². The van der Waals surface area contributed by atoms with E-state index < -0.39 is 0 Å². The minimum absolute atomic E-state index is 0.130. The zero-order valence-electron chi connectivity index (χ0n) is 12.5. The van der Waals surface area contributed by atoms with Crippen molar-refractivity contribution in [2.75, 3.05) is 6.54 Å². The lowest BCUT2D eigenvalue weighted by Crippen LogP contribution is -2.11. The molecule has 0 unspecified atom stereocenters. The van der Waals surface area contributed by atoms with Gasteiger partial charge < -0.3 is 5.73 Å². The minimum Gasteiger partial charge on any atom is -0.330 e. The van der Waals surface area contributed by atoms with Crippen molar-refractivity contribution in [3.63, 3.8) is 0 Å². The Balaban J connectivity index is 2.52. The van der Waals surface area contributed by atoms with E-state index in [0.29, 0.717) is 6.54 Å². The molecule has 20 heavy (non-hydrogen) atoms. The number of rotatable bonds is 3. The summed E-state index contributed by atoms with van der Waals surface area (Å²) >= 11 is 3.65. The van der Waals surface area contributed by atoms with Crippen LogP contribution < -0.4 is 5.73 Å². The van der Waals surface area contributed by atoms with Crippen molar-refractivity contribution in [3.8, 4) is 11.3 Å². The molecular formula is C16H22BrN3. The lowest BCUT2D eigenvalue weighted by atomic mass is 9.85. The Kier molecular flexibility index (Phi) is 4.35. The summed E-state index contributed by atoms with van der Waals surface area (Å²) in [6, 6.07) is 6.60. The monoisotopic (exact) mass is 335 g/mol. The Morgan fingerprint density at radius 3 is 2.60 bits per heavy atom. The number of aromatic amines is 1. The quantitative estimate of drug-likeness (QED) is 0.892. The average molecular weight is 336 g/mol. The number of hydrogen-bond acceptors (Lipinski definition) is 2. The highest BCUT2D eigenvalue weighted by atomic mass is 79.9. The molecule has 3 N–H and O–H groups in total. The van der Waals surface area contributed by atoms with E-state index in [1.165, 1.54) is 16.7 Å². The molecule has 3 nitrogen and oxygen atoms in total. The number of hydrogen-bond donors (Lipinski definition) is 2. The van der Waals surface area contributed by atoms with Gasteiger partial charge in [-0.05, 0) is 52.0 Å². The Bertz CT molecular complexity index is 609. The second-order valence-electron chi connectivity index (χ2n) is 6.18. The third-order valence-electron chi connectivity index (χ3n) is 3.53. The number of H-pyrrole nitrogens is 1. The van der Waals surface area contributed by atoms with Crippen LogP contribution in [0.25, 0.3) is 11.3 Å². The molecule has 0 bridgehead atoms. The normalized spacial score (nSPS) is 11.9. The molecule has 0 aliphatic rings. The van der Waals surface area contributed by atoms with E-state index in [1.807, 2.05) is 0 Å². The van der Waals surface area contributed by atoms with Crippen molar-refractivity contribution in [1.82, 2.24) is 10.2 Å². The van der Waals surface area contributed by atoms with Gasteiger partial charge in [-0.2, -0.15) is 5.10 Å². The van der Waals surface area contributed by atoms with Crippen molar-refractivity contribution >= 4 is 15.9 Å². The zero-order chi connectivity index (χ0) is 14.9. The first-order valence-corrected chi connectivity index (χ1v) is 7.68. The molecule has 0 fully saturated rings. The van der Waals surface area contributed by atoms with Gasteiger partial charge in [-0.15, -0.1) is 0 Å². The van der Waals surface area contributed by atoms with Crippen molar-refractivity contribution in [3.05, 3.63) is 39.5 Å². The van der Waals surface area contributed by atoms with Crippen LogP contribution in [0, 0.1) is 6.92 Å². The Morgan fingerprint density at radius 2 is 2.00 bits per heavy atom. The molecule has 0 saturated carbocycles. The summed E-state index contributed by atoms with van der Waals surface area (Å²) < 4.78 is 1.03. The molecule has 0 saturated heterocycles. The lowest BCUT2D eigenvalue weighted by molar-refractivity contribution is 0.590. The summed E-state index contributed by atoms with van der Waals surface area (Å²) in [6.07, 6.45) is 0.797. The standard InChI is InChI=1S/C16H22BrN3/c1-10-5-6-11(16(2,3)4)9-12(10)15-14(17)13(7-8-18)19-20-15/h5-6,9H,7-8,18H2,1-4H3,(H,19,20). The number of nitrogens with two attached hydrogens (primary N) is 1. The molecule has 0 radical (unpaired) electrons. The predicted octanol–water partition coefficient (Wildman–Crippen LogP) is 3.95. The Hall–Kier alpha value is -1.13. The van der Waals surface area contributed by atoms with E-state index >= 15 is 0 Å². The maximum Gasteiger partial charge on any atom is 0.107 e. The van der Waals surface area contributed by atoms with E-state index in [2.05, 4.69) is 72.0 Å². The van der Waals surface area contributed by atoms with Crippen LogP contribution in [-0.4, -0.2) is 16.7 Å². The molecule has 2 rings (SSSR count). The highest BCUT2D eigenvalue weighted by molar-refractivity contribution is 9.10. The van der Waals surface area contributed by atoms with Gasteiger partial charge in [-0.25, -0.2) is 0 Å². The van der Waals surface area contributed by atoms with E-state index in [0.717, 1.165) is 22.3 Å². The third-order valence-corrected chi connectivity index (χ3v) is 4.38. The largest absolute Gasteiger partial charge is 0.330 e. The van der Waals surface area contributed by atoms with Gasteiger partial charge in [-0.1, -0.05) is 32.9 Å². The summed E-state index contributed by atoms with van der Waals surface area (Å²) in [4.78, 5) is 0. The third kappa shape index (κ3) is 2.96. The van der Waals surface area contributed by atoms with Crippen LogP contribution in [-0.2, 0) is 11.8 Å². The van der Waals surface area contributed by atoms with Crippen LogP contribution in [0.4, 0.5) is 0 Å². The van der Waals surface area contributed by atoms with Gasteiger partial charge in [0.1, 0.15) is 5.69 Å². The van der Waals surface area contributed by atoms with Gasteiger partial charge in [0.05, 0.1) is 10.2 Å². The van der Waals surface area contributed by atoms with E-state index in [-0.39, 0.29) is 5.41 Å². The highest BCUT2D eigenvalue weighted by Gasteiger charge is 2.18. The number of halogens is 1. The smallest absolute Gasteiger partial charge is 0.107 e. The molecule has 108 valence electrons. The van der Waals surface area contributed by atoms with E-state index in [9.17, 15) is 0 Å². The van der Waals surface area contributed by atoms with Crippen molar-refractivity contribution in [2.45, 2.75) is 39.5 Å². The van der Waals surface area contributed by atoms with Crippen LogP contribution in [0.1, 0.15) is 37.6 Å². The van der Waals surface area contributed by atoms with Crippen molar-refractivity contribution in [2.24, 2.45) is 5.73 Å². The van der Waals surface area contributed by atoms with E-state index in [1.54, 1.807) is 0 Å². The van der Waals surface area contributed by atoms with Gasteiger partial charge in [0.15, 0.2) is 0 Å². The fourth-order valence-electron chi connectivity index (χ4n) is 2.20. The van der Waals surface area contributed by atoms with E-state index in [4.69, 9.17) is 5.73 Å². The SMILES string of the molecule is Cc1ccc(C(C)(C)C)cc1-c1n[nH]c(CCN)c1Br. The fraction of sp³-hybridized carbons (Fsp3) is 0.438. The zero-order valence-corrected chi connectivity index (χ0v) is 14.1. The summed E-state index contributed by atoms with van der Waals surface area (Å²) in [5, 5.41) is 7.54. The second kappa shape index (κ2) is 5.70. The summed E-state index contributed by atoms with van der Waals surface area (Å²) in [5.41, 5.74) is 11.5. The number of benzene rings is 1. The Morgan fingerprint density at radius 1 is 1.30 bits per heavy atom. The van der Waals surface area contributed by atoms with Crippen LogP contribution in [0.15, 0.2) is 22.7 Å². The fourth-order valence-corrected chi connectivity index (χ4v) is 2.79. The van der Waals surface area contributed by atoms with Gasteiger partial charge in [0.2, 0.25) is 0 Å².